The lowest BCUT2D eigenvalue weighted by molar-refractivity contribution is 0.133. The molecule has 20 heavy (non-hydrogen) atoms. The van der Waals surface area contributed by atoms with Gasteiger partial charge in [-0.15, -0.1) is 6.42 Å². The van der Waals surface area contributed by atoms with Crippen LogP contribution in [0, 0.1) is 12.3 Å². The zero-order chi connectivity index (χ0) is 13.7. The third kappa shape index (κ3) is 1.68. The largest absolute Gasteiger partial charge is 0.300 e. The predicted octanol–water partition coefficient (Wildman–Crippen LogP) is 2.82. The standard InChI is InChI=1S/C17H19N3/c1-3-12-4-7-17-13(8-12)11-18-20(17)16-9-14-5-6-15(10-16)19(14)2/h1,4,7-8,11,14-16H,5-6,9-10H2,2H3. The Labute approximate surface area is 119 Å². The Balaban J connectivity index is 1.71. The molecule has 4 rings (SSSR count). The molecule has 0 aliphatic carbocycles. The van der Waals surface area contributed by atoms with Crippen molar-refractivity contribution in [2.24, 2.45) is 0 Å². The second-order valence-electron chi connectivity index (χ2n) is 6.18. The lowest BCUT2D eigenvalue weighted by Crippen LogP contribution is -2.40. The van der Waals surface area contributed by atoms with E-state index in [1.807, 2.05) is 12.3 Å². The second kappa shape index (κ2) is 4.36. The Kier molecular flexibility index (Phi) is 2.61. The highest BCUT2D eigenvalue weighted by atomic mass is 15.3. The smallest absolute Gasteiger partial charge is 0.0686 e. The summed E-state index contributed by atoms with van der Waals surface area (Å²) < 4.78 is 2.23. The molecule has 2 fully saturated rings. The van der Waals surface area contributed by atoms with Crippen molar-refractivity contribution in [2.75, 3.05) is 7.05 Å². The third-order valence-corrected chi connectivity index (χ3v) is 5.18. The number of hydrogen-bond acceptors (Lipinski definition) is 2. The Morgan fingerprint density at radius 3 is 2.65 bits per heavy atom. The molecule has 0 amide bonds. The molecule has 2 bridgehead atoms. The average Bonchev–Trinajstić information content (AvgIpc) is 2.95. The van der Waals surface area contributed by atoms with E-state index in [1.54, 1.807) is 0 Å². The SMILES string of the molecule is C#Cc1ccc2c(cnn2C2CC3CCC(C2)N3C)c1. The van der Waals surface area contributed by atoms with Crippen LogP contribution in [0.1, 0.15) is 37.3 Å². The molecule has 0 N–H and O–H groups in total. The zero-order valence-electron chi connectivity index (χ0n) is 11.8. The van der Waals surface area contributed by atoms with Crippen molar-refractivity contribution in [3.8, 4) is 12.3 Å². The molecule has 3 heteroatoms. The number of terminal acetylenes is 1. The normalized spacial score (nSPS) is 29.7. The lowest BCUT2D eigenvalue weighted by atomic mass is 9.98. The van der Waals surface area contributed by atoms with Gasteiger partial charge in [0.1, 0.15) is 0 Å². The van der Waals surface area contributed by atoms with Crippen LogP contribution in [0.15, 0.2) is 24.4 Å². The summed E-state index contributed by atoms with van der Waals surface area (Å²) >= 11 is 0. The Morgan fingerprint density at radius 2 is 1.95 bits per heavy atom. The van der Waals surface area contributed by atoms with Gasteiger partial charge in [-0.3, -0.25) is 4.68 Å². The summed E-state index contributed by atoms with van der Waals surface area (Å²) in [5.41, 5.74) is 2.15. The predicted molar refractivity (Wildman–Crippen MR) is 80.5 cm³/mol. The molecule has 3 heterocycles. The summed E-state index contributed by atoms with van der Waals surface area (Å²) in [5, 5.41) is 5.80. The molecule has 102 valence electrons. The van der Waals surface area contributed by atoms with Crippen LogP contribution in [-0.2, 0) is 0 Å². The Bertz CT molecular complexity index is 680. The van der Waals surface area contributed by atoms with E-state index in [9.17, 15) is 0 Å². The lowest BCUT2D eigenvalue weighted by Gasteiger charge is -2.36. The van der Waals surface area contributed by atoms with Gasteiger partial charge in [0.2, 0.25) is 0 Å². The molecule has 0 radical (unpaired) electrons. The van der Waals surface area contributed by atoms with Gasteiger partial charge in [0.05, 0.1) is 17.8 Å². The van der Waals surface area contributed by atoms with Gasteiger partial charge in [-0.2, -0.15) is 5.10 Å². The van der Waals surface area contributed by atoms with Crippen LogP contribution in [0.4, 0.5) is 0 Å². The van der Waals surface area contributed by atoms with Gasteiger partial charge in [0.15, 0.2) is 0 Å². The quantitative estimate of drug-likeness (QED) is 0.739. The number of piperidine rings is 1. The highest BCUT2D eigenvalue weighted by Crippen LogP contribution is 2.40. The molecule has 1 aromatic carbocycles. The first-order chi connectivity index (χ1) is 9.76. The van der Waals surface area contributed by atoms with Crippen LogP contribution in [-0.4, -0.2) is 33.8 Å². The number of rotatable bonds is 1. The number of hydrogen-bond donors (Lipinski definition) is 0. The van der Waals surface area contributed by atoms with Crippen molar-refractivity contribution >= 4 is 10.9 Å². The first-order valence-electron chi connectivity index (χ1n) is 7.42. The molecule has 2 aromatic rings. The summed E-state index contributed by atoms with van der Waals surface area (Å²) in [7, 11) is 2.28. The van der Waals surface area contributed by atoms with Crippen molar-refractivity contribution in [3.05, 3.63) is 30.0 Å². The third-order valence-electron chi connectivity index (χ3n) is 5.18. The number of benzene rings is 1. The van der Waals surface area contributed by atoms with E-state index in [4.69, 9.17) is 6.42 Å². The summed E-state index contributed by atoms with van der Waals surface area (Å²) in [6.07, 6.45) is 12.6. The summed E-state index contributed by atoms with van der Waals surface area (Å²) in [6.45, 7) is 0. The number of fused-ring (bicyclic) bond motifs is 3. The van der Waals surface area contributed by atoms with Gasteiger partial charge in [0, 0.05) is 23.0 Å². The average molecular weight is 265 g/mol. The van der Waals surface area contributed by atoms with Crippen LogP contribution in [0.5, 0.6) is 0 Å². The van der Waals surface area contributed by atoms with E-state index in [2.05, 4.69) is 39.8 Å². The first kappa shape index (κ1) is 12.0. The minimum Gasteiger partial charge on any atom is -0.300 e. The summed E-state index contributed by atoms with van der Waals surface area (Å²) in [6, 6.07) is 8.22. The maximum atomic E-state index is 5.47. The van der Waals surface area contributed by atoms with E-state index >= 15 is 0 Å². The number of aromatic nitrogens is 2. The molecule has 0 spiro atoms. The second-order valence-corrected chi connectivity index (χ2v) is 6.18. The zero-order valence-corrected chi connectivity index (χ0v) is 11.8. The Morgan fingerprint density at radius 1 is 1.20 bits per heavy atom. The van der Waals surface area contributed by atoms with Crippen molar-refractivity contribution < 1.29 is 0 Å². The maximum absolute atomic E-state index is 5.47. The molecule has 2 unspecified atom stereocenters. The molecule has 2 aliphatic rings. The molecule has 3 nitrogen and oxygen atoms in total. The monoisotopic (exact) mass is 265 g/mol. The molecular weight excluding hydrogens is 246 g/mol. The first-order valence-corrected chi connectivity index (χ1v) is 7.42. The van der Waals surface area contributed by atoms with Crippen LogP contribution in [0.25, 0.3) is 10.9 Å². The minimum absolute atomic E-state index is 0.540. The highest BCUT2D eigenvalue weighted by molar-refractivity contribution is 5.80. The molecule has 2 atom stereocenters. The van der Waals surface area contributed by atoms with Crippen LogP contribution in [0.3, 0.4) is 0 Å². The van der Waals surface area contributed by atoms with E-state index in [1.165, 1.54) is 31.2 Å². The van der Waals surface area contributed by atoms with Gasteiger partial charge in [0.25, 0.3) is 0 Å². The van der Waals surface area contributed by atoms with E-state index in [-0.39, 0.29) is 0 Å². The van der Waals surface area contributed by atoms with Gasteiger partial charge in [-0.1, -0.05) is 5.92 Å². The van der Waals surface area contributed by atoms with E-state index < -0.39 is 0 Å². The van der Waals surface area contributed by atoms with Gasteiger partial charge < -0.3 is 4.90 Å². The molecule has 0 saturated carbocycles. The fourth-order valence-electron chi connectivity index (χ4n) is 4.02. The summed E-state index contributed by atoms with van der Waals surface area (Å²) in [5.74, 6) is 2.69. The number of nitrogens with zero attached hydrogens (tertiary/aromatic N) is 3. The summed E-state index contributed by atoms with van der Waals surface area (Å²) in [4.78, 5) is 2.57. The molecule has 2 saturated heterocycles. The van der Waals surface area contributed by atoms with E-state index in [0.29, 0.717) is 6.04 Å². The maximum Gasteiger partial charge on any atom is 0.0686 e. The van der Waals surface area contributed by atoms with Crippen LogP contribution < -0.4 is 0 Å². The van der Waals surface area contributed by atoms with Crippen molar-refractivity contribution in [1.82, 2.24) is 14.7 Å². The molecular formula is C17H19N3. The van der Waals surface area contributed by atoms with Crippen LogP contribution in [0.2, 0.25) is 0 Å². The minimum atomic E-state index is 0.540. The van der Waals surface area contributed by atoms with E-state index in [0.717, 1.165) is 23.0 Å². The topological polar surface area (TPSA) is 21.1 Å². The molecule has 1 aromatic heterocycles. The van der Waals surface area contributed by atoms with Crippen LogP contribution >= 0.6 is 0 Å². The Hall–Kier alpha value is -1.79. The van der Waals surface area contributed by atoms with Gasteiger partial charge >= 0.3 is 0 Å². The molecule has 2 aliphatic heterocycles. The highest BCUT2D eigenvalue weighted by Gasteiger charge is 2.39. The fraction of sp³-hybridized carbons (Fsp3) is 0.471. The van der Waals surface area contributed by atoms with Crippen molar-refractivity contribution in [3.63, 3.8) is 0 Å². The van der Waals surface area contributed by atoms with Crippen molar-refractivity contribution in [2.45, 2.75) is 43.8 Å². The fourth-order valence-corrected chi connectivity index (χ4v) is 4.02. The van der Waals surface area contributed by atoms with Gasteiger partial charge in [-0.25, -0.2) is 0 Å². The van der Waals surface area contributed by atoms with Crippen molar-refractivity contribution in [1.29, 1.82) is 0 Å². The van der Waals surface area contributed by atoms with Gasteiger partial charge in [-0.05, 0) is 50.9 Å².